The van der Waals surface area contributed by atoms with Crippen molar-refractivity contribution in [3.63, 3.8) is 0 Å². The lowest BCUT2D eigenvalue weighted by molar-refractivity contribution is 0.0690. The summed E-state index contributed by atoms with van der Waals surface area (Å²) in [5.41, 5.74) is 4.31. The standard InChI is InChI=1S/C13H16N4O2/c1-7(2)6-17-9(4)12(8(3)16-17)10-5-11(13(18)19)15-14-10/h5H,1,6H2,2-4H3,(H,14,15)(H,18,19). The molecule has 19 heavy (non-hydrogen) atoms. The van der Waals surface area contributed by atoms with Crippen molar-refractivity contribution >= 4 is 5.97 Å². The number of carboxylic acids is 1. The average molecular weight is 260 g/mol. The topological polar surface area (TPSA) is 83.8 Å². The first-order chi connectivity index (χ1) is 8.90. The van der Waals surface area contributed by atoms with Gasteiger partial charge in [-0.3, -0.25) is 9.78 Å². The van der Waals surface area contributed by atoms with Gasteiger partial charge in [-0.05, 0) is 26.8 Å². The van der Waals surface area contributed by atoms with Crippen molar-refractivity contribution in [3.8, 4) is 11.3 Å². The summed E-state index contributed by atoms with van der Waals surface area (Å²) < 4.78 is 1.85. The van der Waals surface area contributed by atoms with Crippen LogP contribution < -0.4 is 0 Å². The number of carboxylic acid groups (broad SMARTS) is 1. The van der Waals surface area contributed by atoms with Crippen molar-refractivity contribution in [2.75, 3.05) is 0 Å². The van der Waals surface area contributed by atoms with Crippen molar-refractivity contribution in [1.29, 1.82) is 0 Å². The number of hydrogen-bond acceptors (Lipinski definition) is 3. The summed E-state index contributed by atoms with van der Waals surface area (Å²) in [5, 5.41) is 19.9. The predicted molar refractivity (Wildman–Crippen MR) is 71.1 cm³/mol. The van der Waals surface area contributed by atoms with Crippen molar-refractivity contribution in [3.05, 3.63) is 35.3 Å². The van der Waals surface area contributed by atoms with Crippen LogP contribution in [0.3, 0.4) is 0 Å². The Morgan fingerprint density at radius 3 is 2.74 bits per heavy atom. The van der Waals surface area contributed by atoms with Crippen LogP contribution in [-0.4, -0.2) is 31.1 Å². The van der Waals surface area contributed by atoms with Crippen LogP contribution in [0, 0.1) is 13.8 Å². The number of aromatic nitrogens is 4. The normalized spacial score (nSPS) is 10.7. The predicted octanol–water partition coefficient (Wildman–Crippen LogP) is 2.16. The summed E-state index contributed by atoms with van der Waals surface area (Å²) in [5.74, 6) is -1.02. The Bertz CT molecular complexity index is 652. The van der Waals surface area contributed by atoms with E-state index in [1.165, 1.54) is 6.07 Å². The van der Waals surface area contributed by atoms with Crippen LogP contribution in [0.15, 0.2) is 18.2 Å². The number of hydrogen-bond donors (Lipinski definition) is 2. The third-order valence-electron chi connectivity index (χ3n) is 2.87. The molecular weight excluding hydrogens is 244 g/mol. The number of nitrogens with zero attached hydrogens (tertiary/aromatic N) is 3. The number of rotatable bonds is 4. The minimum Gasteiger partial charge on any atom is -0.477 e. The fraction of sp³-hybridized carbons (Fsp3) is 0.308. The van der Waals surface area contributed by atoms with Crippen LogP contribution in [0.4, 0.5) is 0 Å². The third kappa shape index (κ3) is 2.42. The molecule has 100 valence electrons. The van der Waals surface area contributed by atoms with Crippen molar-refractivity contribution in [2.45, 2.75) is 27.3 Å². The first-order valence-electron chi connectivity index (χ1n) is 5.87. The lowest BCUT2D eigenvalue weighted by Gasteiger charge is -2.03. The fourth-order valence-electron chi connectivity index (χ4n) is 2.04. The lowest BCUT2D eigenvalue weighted by Crippen LogP contribution is -2.03. The smallest absolute Gasteiger partial charge is 0.353 e. The molecule has 0 saturated carbocycles. The lowest BCUT2D eigenvalue weighted by atomic mass is 10.1. The van der Waals surface area contributed by atoms with Crippen molar-refractivity contribution in [2.24, 2.45) is 0 Å². The highest BCUT2D eigenvalue weighted by molar-refractivity contribution is 5.87. The molecule has 2 aromatic rings. The minimum absolute atomic E-state index is 0.0708. The van der Waals surface area contributed by atoms with Gasteiger partial charge >= 0.3 is 5.97 Å². The Kier molecular flexibility index (Phi) is 3.25. The second-order valence-corrected chi connectivity index (χ2v) is 4.63. The maximum Gasteiger partial charge on any atom is 0.353 e. The van der Waals surface area contributed by atoms with Gasteiger partial charge in [0.1, 0.15) is 5.69 Å². The van der Waals surface area contributed by atoms with E-state index in [2.05, 4.69) is 21.9 Å². The van der Waals surface area contributed by atoms with Gasteiger partial charge in [0.2, 0.25) is 0 Å². The van der Waals surface area contributed by atoms with Gasteiger partial charge in [-0.15, -0.1) is 0 Å². The number of nitrogens with one attached hydrogen (secondary N) is 1. The molecule has 0 spiro atoms. The summed E-state index contributed by atoms with van der Waals surface area (Å²) in [6.07, 6.45) is 0. The van der Waals surface area contributed by atoms with Gasteiger partial charge in [0.05, 0.1) is 17.9 Å². The monoisotopic (exact) mass is 260 g/mol. The van der Waals surface area contributed by atoms with Gasteiger partial charge < -0.3 is 5.11 Å². The zero-order valence-electron chi connectivity index (χ0n) is 11.2. The molecule has 0 bridgehead atoms. The van der Waals surface area contributed by atoms with Crippen LogP contribution in [0.5, 0.6) is 0 Å². The maximum atomic E-state index is 10.9. The minimum atomic E-state index is -1.02. The fourth-order valence-corrected chi connectivity index (χ4v) is 2.04. The van der Waals surface area contributed by atoms with Crippen LogP contribution in [0.2, 0.25) is 0 Å². The Hall–Kier alpha value is -2.37. The number of aromatic amines is 1. The van der Waals surface area contributed by atoms with E-state index in [-0.39, 0.29) is 5.69 Å². The average Bonchev–Trinajstić information content (AvgIpc) is 2.85. The first-order valence-corrected chi connectivity index (χ1v) is 5.87. The van der Waals surface area contributed by atoms with E-state index >= 15 is 0 Å². The second kappa shape index (κ2) is 4.72. The molecule has 0 fully saturated rings. The second-order valence-electron chi connectivity index (χ2n) is 4.63. The molecule has 0 unspecified atom stereocenters. The molecule has 0 aliphatic rings. The van der Waals surface area contributed by atoms with E-state index in [0.717, 1.165) is 22.5 Å². The summed E-state index contributed by atoms with van der Waals surface area (Å²) in [6.45, 7) is 10.3. The molecule has 0 atom stereocenters. The highest BCUT2D eigenvalue weighted by atomic mass is 16.4. The molecule has 2 aromatic heterocycles. The summed E-state index contributed by atoms with van der Waals surface area (Å²) >= 11 is 0. The van der Waals surface area contributed by atoms with Gasteiger partial charge in [-0.2, -0.15) is 10.2 Å². The zero-order chi connectivity index (χ0) is 14.2. The van der Waals surface area contributed by atoms with Gasteiger partial charge in [0.25, 0.3) is 0 Å². The molecule has 6 heteroatoms. The van der Waals surface area contributed by atoms with Gasteiger partial charge in [0.15, 0.2) is 0 Å². The highest BCUT2D eigenvalue weighted by Crippen LogP contribution is 2.26. The van der Waals surface area contributed by atoms with E-state index in [1.54, 1.807) is 0 Å². The molecule has 2 heterocycles. The van der Waals surface area contributed by atoms with E-state index in [1.807, 2.05) is 25.5 Å². The highest BCUT2D eigenvalue weighted by Gasteiger charge is 2.17. The molecular formula is C13H16N4O2. The Labute approximate surface area is 110 Å². The third-order valence-corrected chi connectivity index (χ3v) is 2.87. The van der Waals surface area contributed by atoms with Crippen molar-refractivity contribution < 1.29 is 9.90 Å². The Balaban J connectivity index is 2.46. The SMILES string of the molecule is C=C(C)Cn1nc(C)c(-c2cc(C(=O)O)[nH]n2)c1C. The summed E-state index contributed by atoms with van der Waals surface area (Å²) in [7, 11) is 0. The van der Waals surface area contributed by atoms with Crippen molar-refractivity contribution in [1.82, 2.24) is 20.0 Å². The molecule has 0 aliphatic carbocycles. The number of allylic oxidation sites excluding steroid dienone is 1. The zero-order valence-corrected chi connectivity index (χ0v) is 11.2. The molecule has 0 radical (unpaired) electrons. The van der Waals surface area contributed by atoms with E-state index in [4.69, 9.17) is 5.11 Å². The number of aromatic carboxylic acids is 1. The van der Waals surface area contributed by atoms with Gasteiger partial charge in [-0.25, -0.2) is 4.79 Å². The van der Waals surface area contributed by atoms with E-state index in [0.29, 0.717) is 12.2 Å². The van der Waals surface area contributed by atoms with E-state index < -0.39 is 5.97 Å². The largest absolute Gasteiger partial charge is 0.477 e. The quantitative estimate of drug-likeness (QED) is 0.825. The maximum absolute atomic E-state index is 10.9. The summed E-state index contributed by atoms with van der Waals surface area (Å²) in [4.78, 5) is 10.9. The first kappa shape index (κ1) is 13.1. The van der Waals surface area contributed by atoms with Crippen LogP contribution in [0.1, 0.15) is 28.8 Å². The molecule has 0 aromatic carbocycles. The van der Waals surface area contributed by atoms with Crippen LogP contribution in [0.25, 0.3) is 11.3 Å². The van der Waals surface area contributed by atoms with Crippen LogP contribution >= 0.6 is 0 Å². The Morgan fingerprint density at radius 1 is 1.53 bits per heavy atom. The summed E-state index contributed by atoms with van der Waals surface area (Å²) in [6, 6.07) is 1.52. The van der Waals surface area contributed by atoms with Gasteiger partial charge in [0, 0.05) is 11.3 Å². The molecule has 2 N–H and O–H groups in total. The van der Waals surface area contributed by atoms with Crippen LogP contribution in [-0.2, 0) is 6.54 Å². The molecule has 0 saturated heterocycles. The molecule has 2 rings (SSSR count). The number of H-pyrrole nitrogens is 1. The molecule has 0 amide bonds. The van der Waals surface area contributed by atoms with E-state index in [9.17, 15) is 4.79 Å². The van der Waals surface area contributed by atoms with Gasteiger partial charge in [-0.1, -0.05) is 12.2 Å². The number of carbonyl (C=O) groups is 1. The number of aryl methyl sites for hydroxylation is 1. The molecule has 6 nitrogen and oxygen atoms in total. The Morgan fingerprint density at radius 2 is 2.21 bits per heavy atom. The molecule has 0 aliphatic heterocycles.